The number of aliphatic imine (C=N–C) groups is 1. The van der Waals surface area contributed by atoms with E-state index in [0.717, 1.165) is 28.0 Å². The van der Waals surface area contributed by atoms with Crippen LogP contribution in [0, 0.1) is 5.41 Å². The number of nitrogens with one attached hydrogen (secondary N) is 2. The van der Waals surface area contributed by atoms with Gasteiger partial charge in [-0.3, -0.25) is 24.9 Å². The topological polar surface area (TPSA) is 276 Å². The van der Waals surface area contributed by atoms with Gasteiger partial charge in [0.05, 0.1) is 0 Å². The monoisotopic (exact) mass is 612 g/mol. The number of hydrogen-bond donors (Lipinski definition) is 7. The summed E-state index contributed by atoms with van der Waals surface area (Å²) in [4.78, 5) is 63.4. The van der Waals surface area contributed by atoms with Crippen molar-refractivity contribution in [3.63, 3.8) is 0 Å². The largest absolute Gasteiger partial charge is 0.478 e. The third kappa shape index (κ3) is 5.89. The molecule has 0 radical (unpaired) electrons. The van der Waals surface area contributed by atoms with Crippen molar-refractivity contribution < 1.29 is 34.2 Å². The van der Waals surface area contributed by atoms with E-state index in [4.69, 9.17) is 32.7 Å². The van der Waals surface area contributed by atoms with Gasteiger partial charge in [0.15, 0.2) is 16.0 Å². The Balaban J connectivity index is 1.50. The zero-order valence-corrected chi connectivity index (χ0v) is 23.1. The number of hydrogen-bond acceptors (Lipinski definition) is 15. The minimum absolute atomic E-state index is 0.00956. The summed E-state index contributed by atoms with van der Waals surface area (Å²) in [5, 5.41) is 35.2. The highest BCUT2D eigenvalue weighted by molar-refractivity contribution is 8.14. The molecule has 3 aliphatic heterocycles. The Labute approximate surface area is 238 Å². The molecule has 10 N–H and O–H groups in total. The van der Waals surface area contributed by atoms with Crippen LogP contribution in [0.15, 0.2) is 26.8 Å². The Bertz CT molecular complexity index is 1360. The zero-order valence-electron chi connectivity index (χ0n) is 20.6. The fraction of sp³-hybridized carbons (Fsp3) is 0.400. The van der Waals surface area contributed by atoms with Crippen molar-refractivity contribution in [3.8, 4) is 0 Å². The molecule has 4 heterocycles. The molecule has 40 heavy (non-hydrogen) atoms. The normalized spacial score (nSPS) is 23.7. The maximum Gasteiger partial charge on any atom is 0.352 e. The minimum atomic E-state index is -1.37. The second-order valence-electron chi connectivity index (χ2n) is 8.52. The van der Waals surface area contributed by atoms with Gasteiger partial charge in [0.1, 0.15) is 34.8 Å². The first kappa shape index (κ1) is 29.3. The summed E-state index contributed by atoms with van der Waals surface area (Å²) in [7, 11) is 0. The number of nitrogens with two attached hydrogens (primary N) is 3. The van der Waals surface area contributed by atoms with Gasteiger partial charge in [0.25, 0.3) is 11.8 Å². The summed E-state index contributed by atoms with van der Waals surface area (Å²) >= 11 is 3.34. The second kappa shape index (κ2) is 11.8. The van der Waals surface area contributed by atoms with Crippen LogP contribution in [0.25, 0.3) is 0 Å². The quantitative estimate of drug-likeness (QED) is 0.0730. The van der Waals surface area contributed by atoms with E-state index in [0.29, 0.717) is 5.57 Å². The number of amides is 2. The molecule has 1 fully saturated rings. The average Bonchev–Trinajstić information content (AvgIpc) is 3.33. The number of carbonyl (C=O) groups excluding carboxylic acids is 2. The highest BCUT2D eigenvalue weighted by atomic mass is 32.2. The molecule has 0 aromatic carbocycles. The zero-order chi connectivity index (χ0) is 29.3. The lowest BCUT2D eigenvalue weighted by Gasteiger charge is -2.49. The lowest BCUT2D eigenvalue weighted by atomic mass is 10.0. The van der Waals surface area contributed by atoms with E-state index in [1.165, 1.54) is 29.1 Å². The van der Waals surface area contributed by atoms with Crippen molar-refractivity contribution >= 4 is 80.5 Å². The van der Waals surface area contributed by atoms with Gasteiger partial charge < -0.3 is 31.8 Å². The molecule has 0 bridgehead atoms. The molecule has 4 atom stereocenters. The van der Waals surface area contributed by atoms with Crippen LogP contribution in [-0.2, 0) is 24.0 Å². The lowest BCUT2D eigenvalue weighted by Crippen LogP contribution is -2.71. The molecular weight excluding hydrogens is 588 g/mol. The number of thiazole rings is 1. The Kier molecular flexibility index (Phi) is 8.63. The first-order chi connectivity index (χ1) is 18.9. The van der Waals surface area contributed by atoms with Crippen LogP contribution in [-0.4, -0.2) is 101 Å². The summed E-state index contributed by atoms with van der Waals surface area (Å²) < 4.78 is 0. The third-order valence-electron chi connectivity index (χ3n) is 5.75. The van der Waals surface area contributed by atoms with Crippen LogP contribution in [0.3, 0.4) is 0 Å². The van der Waals surface area contributed by atoms with E-state index < -0.39 is 53.2 Å². The minimum Gasteiger partial charge on any atom is -0.478 e. The number of anilines is 1. The van der Waals surface area contributed by atoms with Crippen LogP contribution in [0.5, 0.6) is 0 Å². The summed E-state index contributed by atoms with van der Waals surface area (Å²) in [5.74, 6) is 2.12. The van der Waals surface area contributed by atoms with Crippen LogP contribution in [0.1, 0.15) is 19.0 Å². The smallest absolute Gasteiger partial charge is 0.352 e. The van der Waals surface area contributed by atoms with Gasteiger partial charge in [-0.05, 0) is 12.5 Å². The number of aromatic nitrogens is 1. The standard InChI is InChI=1S/C20H24N10O7S3/c1-6(17(33)34)37-28-11(8-5-39-19(23)25-8)14(31)27-12-15(32)29-13(18(35)36)7(3-38-16(12)29)4-40-20-26-9(21)2-10(22)30(20)24/h5-6,10,12,16,21H,2-4,22,24H2,1H3,(H2,23,25)(H,27,31)(H,33,34)(H,35,36)/t6-,10?,12?,16-/m0/s1. The van der Waals surface area contributed by atoms with Crippen LogP contribution in [0.2, 0.25) is 0 Å². The van der Waals surface area contributed by atoms with E-state index in [-0.39, 0.29) is 45.5 Å². The van der Waals surface area contributed by atoms with Gasteiger partial charge >= 0.3 is 11.9 Å². The Morgan fingerprint density at radius 2 is 2.12 bits per heavy atom. The number of hydrazine groups is 1. The maximum absolute atomic E-state index is 13.1. The van der Waals surface area contributed by atoms with Gasteiger partial charge in [-0.2, -0.15) is 0 Å². The van der Waals surface area contributed by atoms with Crippen molar-refractivity contribution in [1.82, 2.24) is 20.2 Å². The van der Waals surface area contributed by atoms with E-state index >= 15 is 0 Å². The number of nitrogen functional groups attached to an aromatic ring is 1. The number of nitrogens with zero attached hydrogens (tertiary/aromatic N) is 5. The molecule has 0 saturated carbocycles. The van der Waals surface area contributed by atoms with Crippen molar-refractivity contribution in [2.24, 2.45) is 21.7 Å². The molecule has 214 valence electrons. The van der Waals surface area contributed by atoms with Crippen molar-refractivity contribution in [2.45, 2.75) is 37.0 Å². The second-order valence-corrected chi connectivity index (χ2v) is 11.5. The molecular formula is C20H24N10O7S3. The Hall–Kier alpha value is -3.72. The first-order valence-corrected chi connectivity index (χ1v) is 14.3. The van der Waals surface area contributed by atoms with Gasteiger partial charge in [0.2, 0.25) is 6.10 Å². The van der Waals surface area contributed by atoms with E-state index in [2.05, 4.69) is 20.4 Å². The number of carbonyl (C=O) groups is 4. The SMILES string of the molecule is C[C@H](ON=C(C(=O)NC1C(=O)N2C(C(=O)O)=C(CSC3=NC(=N)CC(N)N3N)CS[C@@H]12)c1csc(N)n1)C(=O)O. The van der Waals surface area contributed by atoms with Gasteiger partial charge in [-0.25, -0.2) is 25.4 Å². The fourth-order valence-corrected chi connectivity index (χ4v) is 6.72. The number of thioether (sulfide) groups is 2. The highest BCUT2D eigenvalue weighted by Crippen LogP contribution is 2.41. The molecule has 1 saturated heterocycles. The van der Waals surface area contributed by atoms with Crippen molar-refractivity contribution in [1.29, 1.82) is 5.41 Å². The summed E-state index contributed by atoms with van der Waals surface area (Å²) in [6.45, 7) is 1.21. The maximum atomic E-state index is 13.1. The number of fused-ring (bicyclic) bond motifs is 1. The van der Waals surface area contributed by atoms with Crippen LogP contribution >= 0.6 is 34.9 Å². The van der Waals surface area contributed by atoms with Crippen molar-refractivity contribution in [3.05, 3.63) is 22.3 Å². The molecule has 1 aromatic heterocycles. The van der Waals surface area contributed by atoms with Gasteiger partial charge in [0, 0.05) is 23.3 Å². The number of oxime groups is 1. The Morgan fingerprint density at radius 1 is 1.40 bits per heavy atom. The van der Waals surface area contributed by atoms with Gasteiger partial charge in [-0.15, -0.1) is 23.1 Å². The van der Waals surface area contributed by atoms with Gasteiger partial charge in [-0.1, -0.05) is 16.9 Å². The number of rotatable bonds is 9. The van der Waals surface area contributed by atoms with E-state index in [9.17, 15) is 24.3 Å². The van der Waals surface area contributed by atoms with Crippen LogP contribution < -0.4 is 22.6 Å². The summed E-state index contributed by atoms with van der Waals surface area (Å²) in [6.07, 6.45) is -1.84. The molecule has 0 aliphatic carbocycles. The number of carboxylic acid groups (broad SMARTS) is 2. The molecule has 17 nitrogen and oxygen atoms in total. The number of amidine groups is 2. The number of carboxylic acids is 2. The summed E-state index contributed by atoms with van der Waals surface area (Å²) in [6, 6.07) is -1.10. The van der Waals surface area contributed by atoms with Crippen LogP contribution in [0.4, 0.5) is 5.13 Å². The average molecular weight is 613 g/mol. The van der Waals surface area contributed by atoms with E-state index in [1.807, 2.05) is 0 Å². The molecule has 3 aliphatic rings. The predicted molar refractivity (Wildman–Crippen MR) is 147 cm³/mol. The summed E-state index contributed by atoms with van der Waals surface area (Å²) in [5.41, 5.74) is 11.4. The molecule has 1 aromatic rings. The van der Waals surface area contributed by atoms with E-state index in [1.54, 1.807) is 0 Å². The number of β-lactam (4-membered cyclic amide) rings is 1. The molecule has 2 amide bonds. The van der Waals surface area contributed by atoms with Crippen molar-refractivity contribution in [2.75, 3.05) is 17.2 Å². The first-order valence-electron chi connectivity index (χ1n) is 11.4. The molecule has 2 unspecified atom stereocenters. The Morgan fingerprint density at radius 3 is 2.75 bits per heavy atom. The number of aliphatic carboxylic acids is 2. The fourth-order valence-electron chi connectivity index (χ4n) is 3.70. The highest BCUT2D eigenvalue weighted by Gasteiger charge is 2.54. The molecule has 20 heteroatoms. The lowest BCUT2D eigenvalue weighted by molar-refractivity contribution is -0.150. The molecule has 0 spiro atoms. The molecule has 4 rings (SSSR count). The third-order valence-corrected chi connectivity index (χ3v) is 8.82. The predicted octanol–water partition coefficient (Wildman–Crippen LogP) is -1.41.